The van der Waals surface area contributed by atoms with Gasteiger partial charge in [0.2, 0.25) is 17.7 Å². The minimum Gasteiger partial charge on any atom is -0.391 e. The average molecular weight is 986 g/mol. The molecule has 2 aromatic heterocycles. The van der Waals surface area contributed by atoms with Crippen LogP contribution in [0, 0.1) is 30.0 Å². The summed E-state index contributed by atoms with van der Waals surface area (Å²) in [4.78, 5) is 78.6. The first kappa shape index (κ1) is 47.8. The second-order valence-corrected chi connectivity index (χ2v) is 23.4. The summed E-state index contributed by atoms with van der Waals surface area (Å²) in [5.74, 6) is -0.748. The minimum atomic E-state index is -0.992. The zero-order valence-corrected chi connectivity index (χ0v) is 41.6. The van der Waals surface area contributed by atoms with E-state index in [2.05, 4.69) is 26.3 Å². The Hall–Kier alpha value is -5.81. The highest BCUT2D eigenvalue weighted by Gasteiger charge is 2.58. The number of hydrogen-bond acceptors (Lipinski definition) is 10. The Kier molecular flexibility index (Phi) is 12.8. The molecule has 366 valence electrons. The van der Waals surface area contributed by atoms with Crippen LogP contribution in [0.3, 0.4) is 0 Å². The lowest BCUT2D eigenvalue weighted by Crippen LogP contribution is -2.69. The fraction of sp³-hybridized carbons (Fsp3) is 0.444. The molecule has 0 radical (unpaired) electrons. The first-order chi connectivity index (χ1) is 33.4. The summed E-state index contributed by atoms with van der Waals surface area (Å²) in [6, 6.07) is 19.9. The molecule has 1 saturated heterocycles. The highest BCUT2D eigenvalue weighted by atomic mass is 32.1. The van der Waals surface area contributed by atoms with Crippen molar-refractivity contribution >= 4 is 52.2 Å². The van der Waals surface area contributed by atoms with E-state index < -0.39 is 35.4 Å². The number of carbonyl (C=O) groups excluding carboxylic acids is 5. The molecule has 70 heavy (non-hydrogen) atoms. The number of thiophene rings is 1. The third-order valence-electron chi connectivity index (χ3n) is 15.3. The number of carbonyl (C=O) groups is 5. The van der Waals surface area contributed by atoms with Gasteiger partial charge in [-0.2, -0.15) is 0 Å². The van der Waals surface area contributed by atoms with Gasteiger partial charge in [-0.15, -0.1) is 22.7 Å². The van der Waals surface area contributed by atoms with Crippen molar-refractivity contribution < 1.29 is 33.5 Å². The van der Waals surface area contributed by atoms with Crippen LogP contribution >= 0.6 is 22.7 Å². The predicted molar refractivity (Wildman–Crippen MR) is 267 cm³/mol. The molecule has 5 amide bonds. The van der Waals surface area contributed by atoms with Crippen molar-refractivity contribution in [3.8, 4) is 20.9 Å². The molecule has 4 unspecified atom stereocenters. The normalized spacial score (nSPS) is 24.9. The summed E-state index contributed by atoms with van der Waals surface area (Å²) < 4.78 is 13.8. The molecule has 4 heterocycles. The lowest BCUT2D eigenvalue weighted by molar-refractivity contribution is -0.142. The van der Waals surface area contributed by atoms with Crippen molar-refractivity contribution in [2.24, 2.45) is 17.3 Å². The van der Waals surface area contributed by atoms with Crippen LogP contribution in [0.1, 0.15) is 109 Å². The summed E-state index contributed by atoms with van der Waals surface area (Å²) in [7, 11) is 0. The number of aliphatic hydroxyl groups excluding tert-OH is 1. The molecule has 5 N–H and O–H groups in total. The van der Waals surface area contributed by atoms with Crippen molar-refractivity contribution in [3.63, 3.8) is 0 Å². The van der Waals surface area contributed by atoms with Gasteiger partial charge in [0, 0.05) is 59.5 Å². The summed E-state index contributed by atoms with van der Waals surface area (Å²) in [6.45, 7) is 8.86. The number of aliphatic hydroxyl groups is 1. The molecule has 16 heteroatoms. The maximum atomic E-state index is 14.3. The fourth-order valence-corrected chi connectivity index (χ4v) is 13.9. The molecule has 5 aromatic rings. The van der Waals surface area contributed by atoms with Gasteiger partial charge in [-0.25, -0.2) is 9.37 Å². The number of amides is 5. The Labute approximate surface area is 415 Å². The number of aryl methyl sites for hydroxylation is 1. The van der Waals surface area contributed by atoms with Crippen LogP contribution in [-0.2, 0) is 34.0 Å². The van der Waals surface area contributed by atoms with E-state index in [1.54, 1.807) is 33.7 Å². The van der Waals surface area contributed by atoms with E-state index in [9.17, 15) is 33.5 Å². The number of aromatic nitrogens is 1. The molecule has 4 aliphatic carbocycles. The largest absolute Gasteiger partial charge is 0.391 e. The van der Waals surface area contributed by atoms with Crippen LogP contribution in [-0.4, -0.2) is 91.8 Å². The second-order valence-electron chi connectivity index (χ2n) is 21.6. The molecule has 6 aliphatic rings. The van der Waals surface area contributed by atoms with E-state index >= 15 is 0 Å². The average Bonchev–Trinajstić information content (AvgIpc) is 4.15. The SMILES string of the molecule is Cc1ncsc1-c1ccc(CNC(=O)C2CC(O)CN2C(=O)[C@@H](NC(=O)c2csc(-c3ccc(C(=O)NC45CC6CC(CC(NCC(=O)N7Cc8ccc(F)cc8C7)(C6)C4)C5)cc3)c2)C(C)(C)C)cc1. The van der Waals surface area contributed by atoms with E-state index in [0.29, 0.717) is 36.1 Å². The molecule has 2 aliphatic heterocycles. The molecule has 4 bridgehead atoms. The molecule has 0 spiro atoms. The van der Waals surface area contributed by atoms with Crippen LogP contribution in [0.2, 0.25) is 0 Å². The molecule has 5 atom stereocenters. The first-order valence-corrected chi connectivity index (χ1v) is 26.1. The number of benzene rings is 3. The summed E-state index contributed by atoms with van der Waals surface area (Å²) in [5.41, 5.74) is 6.99. The Bertz CT molecular complexity index is 2820. The van der Waals surface area contributed by atoms with Gasteiger partial charge in [0.05, 0.1) is 34.3 Å². The molecular formula is C54H60FN7O6S2. The molecule has 5 fully saturated rings. The van der Waals surface area contributed by atoms with Crippen molar-refractivity contribution in [1.82, 2.24) is 36.1 Å². The van der Waals surface area contributed by atoms with Crippen molar-refractivity contribution in [3.05, 3.63) is 123 Å². The van der Waals surface area contributed by atoms with Crippen LogP contribution in [0.4, 0.5) is 4.39 Å². The van der Waals surface area contributed by atoms with Gasteiger partial charge < -0.3 is 36.2 Å². The smallest absolute Gasteiger partial charge is 0.252 e. The van der Waals surface area contributed by atoms with E-state index in [1.807, 2.05) is 81.7 Å². The van der Waals surface area contributed by atoms with E-state index in [1.165, 1.54) is 28.4 Å². The van der Waals surface area contributed by atoms with Gasteiger partial charge in [-0.3, -0.25) is 24.0 Å². The Morgan fingerprint density at radius 2 is 1.54 bits per heavy atom. The lowest BCUT2D eigenvalue weighted by atomic mass is 9.50. The van der Waals surface area contributed by atoms with Crippen molar-refractivity contribution in [1.29, 1.82) is 0 Å². The first-order valence-electron chi connectivity index (χ1n) is 24.3. The molecule has 4 saturated carbocycles. The van der Waals surface area contributed by atoms with Gasteiger partial charge in [0.1, 0.15) is 17.9 Å². The van der Waals surface area contributed by atoms with Gasteiger partial charge >= 0.3 is 0 Å². The Morgan fingerprint density at radius 1 is 0.843 bits per heavy atom. The molecular weight excluding hydrogens is 926 g/mol. The fourth-order valence-electron chi connectivity index (χ4n) is 12.2. The van der Waals surface area contributed by atoms with E-state index in [0.717, 1.165) is 81.8 Å². The summed E-state index contributed by atoms with van der Waals surface area (Å²) >= 11 is 2.96. The third-order valence-corrected chi connectivity index (χ3v) is 17.2. The predicted octanol–water partition coefficient (Wildman–Crippen LogP) is 7.36. The van der Waals surface area contributed by atoms with Crippen LogP contribution in [0.15, 0.2) is 83.7 Å². The Balaban J connectivity index is 0.744. The zero-order chi connectivity index (χ0) is 49.1. The van der Waals surface area contributed by atoms with E-state index in [4.69, 9.17) is 0 Å². The number of rotatable bonds is 13. The zero-order valence-electron chi connectivity index (χ0n) is 40.0. The number of β-amino-alcohol motifs (C(OH)–C–C–N with tert-alkyl or cyclic N) is 1. The van der Waals surface area contributed by atoms with Gasteiger partial charge in [-0.05, 0) is 121 Å². The van der Waals surface area contributed by atoms with Crippen molar-refractivity contribution in [2.45, 2.75) is 122 Å². The summed E-state index contributed by atoms with van der Waals surface area (Å²) in [5, 5.41) is 25.5. The monoisotopic (exact) mass is 985 g/mol. The number of likely N-dealkylation sites (tertiary alicyclic amines) is 1. The van der Waals surface area contributed by atoms with E-state index in [-0.39, 0.29) is 60.7 Å². The maximum absolute atomic E-state index is 14.3. The van der Waals surface area contributed by atoms with Gasteiger partial charge in [0.15, 0.2) is 0 Å². The van der Waals surface area contributed by atoms with Crippen LogP contribution in [0.25, 0.3) is 20.9 Å². The standard InChI is InChI=1S/C54H60FN7O6S2/c1-31-46(70-30-57-31)36-7-5-32(6-8-36)23-56-50(67)43-18-42(63)27-62(43)51(68)47(52(2,3)4)59-48(65)40-17-44(69-28-40)35-9-11-37(12-10-35)49(66)60-54-21-33-15-34(22-54)20-53(19-33,29-54)58-24-45(64)61-25-38-13-14-41(55)16-39(38)26-61/h5-14,16-17,28,30,33-34,42-43,47,58,63H,15,18-27,29H2,1-4H3,(H,56,67)(H,59,65)(H,60,66)/t33?,34?,42?,43?,47-,53?,54?/m1/s1. The van der Waals surface area contributed by atoms with Crippen LogP contribution < -0.4 is 21.3 Å². The molecule has 11 rings (SSSR count). The maximum Gasteiger partial charge on any atom is 0.252 e. The minimum absolute atomic E-state index is 0.000831. The third kappa shape index (κ3) is 9.79. The molecule has 13 nitrogen and oxygen atoms in total. The number of fused-ring (bicyclic) bond motifs is 1. The highest BCUT2D eigenvalue weighted by Crippen LogP contribution is 2.57. The lowest BCUT2D eigenvalue weighted by Gasteiger charge is -2.62. The highest BCUT2D eigenvalue weighted by molar-refractivity contribution is 7.14. The van der Waals surface area contributed by atoms with Gasteiger partial charge in [-0.1, -0.05) is 63.2 Å². The quantitative estimate of drug-likeness (QED) is 0.0815. The number of nitrogens with one attached hydrogen (secondary N) is 4. The molecule has 3 aromatic carbocycles. The number of halogens is 1. The number of nitrogens with zero attached hydrogens (tertiary/aromatic N) is 3. The second kappa shape index (κ2) is 18.7. The van der Waals surface area contributed by atoms with Crippen LogP contribution in [0.5, 0.6) is 0 Å². The Morgan fingerprint density at radius 3 is 2.24 bits per heavy atom. The van der Waals surface area contributed by atoms with Crippen molar-refractivity contribution in [2.75, 3.05) is 13.1 Å². The number of thiazole rings is 1. The topological polar surface area (TPSA) is 173 Å². The van der Waals surface area contributed by atoms with Gasteiger partial charge in [0.25, 0.3) is 11.8 Å². The number of hydrogen-bond donors (Lipinski definition) is 5. The summed E-state index contributed by atoms with van der Waals surface area (Å²) in [6.07, 6.45) is 4.90.